The fourth-order valence-electron chi connectivity index (χ4n) is 4.45. The second-order valence-corrected chi connectivity index (χ2v) is 9.19. The Morgan fingerprint density at radius 3 is 2.74 bits per heavy atom. The molecule has 0 radical (unpaired) electrons. The van der Waals surface area contributed by atoms with E-state index in [2.05, 4.69) is 15.2 Å². The number of carbonyl (C=O) groups excluding carboxylic acids is 1. The van der Waals surface area contributed by atoms with Crippen molar-refractivity contribution in [3.8, 4) is 0 Å². The normalized spacial score (nSPS) is 21.2. The predicted octanol–water partition coefficient (Wildman–Crippen LogP) is 3.17. The van der Waals surface area contributed by atoms with Gasteiger partial charge in [-0.25, -0.2) is 9.78 Å². The number of nitrogens with zero attached hydrogens (tertiary/aromatic N) is 3. The lowest BCUT2D eigenvalue weighted by Gasteiger charge is -2.49. The molecule has 0 saturated carbocycles. The molecule has 2 saturated heterocycles. The van der Waals surface area contributed by atoms with Crippen LogP contribution in [0.15, 0.2) is 35.7 Å². The average molecular weight is 445 g/mol. The second kappa shape index (κ2) is 9.33. The number of benzene rings is 1. The summed E-state index contributed by atoms with van der Waals surface area (Å²) in [7, 11) is 0. The minimum absolute atomic E-state index is 0.0168. The number of piperidine rings is 1. The number of amides is 2. The fraction of sp³-hybridized carbons (Fsp3) is 0.500. The summed E-state index contributed by atoms with van der Waals surface area (Å²) in [6.07, 6.45) is 1.48. The van der Waals surface area contributed by atoms with Crippen LogP contribution in [-0.4, -0.2) is 76.3 Å². The molecule has 0 aliphatic carbocycles. The van der Waals surface area contributed by atoms with Gasteiger partial charge < -0.3 is 19.6 Å². The molecule has 3 heterocycles. The van der Waals surface area contributed by atoms with E-state index in [1.807, 2.05) is 47.5 Å². The summed E-state index contributed by atoms with van der Waals surface area (Å²) in [6.45, 7) is 5.98. The topological polar surface area (TPSA) is 95.0 Å². The molecule has 1 aromatic heterocycles. The molecular weight excluding hydrogens is 416 g/mol. The van der Waals surface area contributed by atoms with Crippen LogP contribution in [0.1, 0.15) is 35.8 Å². The molecule has 2 N–H and O–H groups in total. The monoisotopic (exact) mass is 444 g/mol. The smallest absolute Gasteiger partial charge is 0.410 e. The van der Waals surface area contributed by atoms with Gasteiger partial charge in [0.25, 0.3) is 5.91 Å². The number of carboxylic acid groups (broad SMARTS) is 1. The number of thiazole rings is 1. The van der Waals surface area contributed by atoms with E-state index in [-0.39, 0.29) is 17.6 Å². The van der Waals surface area contributed by atoms with Crippen LogP contribution in [0.5, 0.6) is 0 Å². The van der Waals surface area contributed by atoms with Gasteiger partial charge in [0.1, 0.15) is 0 Å². The lowest BCUT2D eigenvalue weighted by atomic mass is 9.88. The van der Waals surface area contributed by atoms with Crippen molar-refractivity contribution in [1.82, 2.24) is 14.8 Å². The van der Waals surface area contributed by atoms with Crippen LogP contribution < -0.4 is 5.32 Å². The van der Waals surface area contributed by atoms with Gasteiger partial charge in [-0.05, 0) is 31.9 Å². The molecule has 8 nitrogen and oxygen atoms in total. The SMILES string of the molecule is CC1CN(C(=O)c2ccccc2)CC2(CCN(CCc3csc(NC(=O)O)n3)CC2)O1. The van der Waals surface area contributed by atoms with E-state index in [4.69, 9.17) is 9.84 Å². The number of rotatable bonds is 5. The molecule has 2 aliphatic rings. The van der Waals surface area contributed by atoms with Crippen LogP contribution >= 0.6 is 11.3 Å². The number of hydrogen-bond acceptors (Lipinski definition) is 6. The maximum absolute atomic E-state index is 13.0. The molecule has 9 heteroatoms. The van der Waals surface area contributed by atoms with Crippen molar-refractivity contribution in [1.29, 1.82) is 0 Å². The zero-order valence-electron chi connectivity index (χ0n) is 17.6. The molecule has 31 heavy (non-hydrogen) atoms. The van der Waals surface area contributed by atoms with Gasteiger partial charge in [-0.1, -0.05) is 18.2 Å². The zero-order valence-corrected chi connectivity index (χ0v) is 18.4. The molecule has 1 spiro atoms. The standard InChI is InChI=1S/C22H28N4O4S/c1-16-13-26(19(27)17-5-3-2-4-6-17)15-22(30-16)8-11-25(12-9-22)10-7-18-14-31-20(23-18)24-21(28)29/h2-6,14,16H,7-13,15H2,1H3,(H,23,24)(H,28,29). The third kappa shape index (κ3) is 5.41. The summed E-state index contributed by atoms with van der Waals surface area (Å²) in [6, 6.07) is 9.45. The Morgan fingerprint density at radius 1 is 1.29 bits per heavy atom. The van der Waals surface area contributed by atoms with E-state index in [9.17, 15) is 9.59 Å². The number of anilines is 1. The van der Waals surface area contributed by atoms with Gasteiger partial charge in [-0.15, -0.1) is 11.3 Å². The number of aromatic nitrogens is 1. The number of likely N-dealkylation sites (tertiary alicyclic amines) is 1. The molecule has 2 fully saturated rings. The number of hydrogen-bond donors (Lipinski definition) is 2. The summed E-state index contributed by atoms with van der Waals surface area (Å²) >= 11 is 1.30. The highest BCUT2D eigenvalue weighted by atomic mass is 32.1. The quantitative estimate of drug-likeness (QED) is 0.736. The molecule has 1 atom stereocenters. The summed E-state index contributed by atoms with van der Waals surface area (Å²) in [4.78, 5) is 32.3. The first-order chi connectivity index (χ1) is 14.9. The lowest BCUT2D eigenvalue weighted by molar-refractivity contribution is -0.161. The molecular formula is C22H28N4O4S. The van der Waals surface area contributed by atoms with Crippen molar-refractivity contribution in [2.45, 2.75) is 37.9 Å². The van der Waals surface area contributed by atoms with Crippen LogP contribution in [0.25, 0.3) is 0 Å². The van der Waals surface area contributed by atoms with E-state index < -0.39 is 6.09 Å². The summed E-state index contributed by atoms with van der Waals surface area (Å²) in [5.74, 6) is 0.0758. The van der Waals surface area contributed by atoms with Crippen molar-refractivity contribution in [2.24, 2.45) is 0 Å². The van der Waals surface area contributed by atoms with E-state index >= 15 is 0 Å². The first-order valence-corrected chi connectivity index (χ1v) is 11.5. The highest BCUT2D eigenvalue weighted by molar-refractivity contribution is 7.13. The Balaban J connectivity index is 1.31. The first kappa shape index (κ1) is 21.7. The highest BCUT2D eigenvalue weighted by Gasteiger charge is 2.43. The molecule has 2 amide bonds. The molecule has 2 aromatic rings. The summed E-state index contributed by atoms with van der Waals surface area (Å²) in [5, 5.41) is 13.4. The van der Waals surface area contributed by atoms with Gasteiger partial charge in [0.2, 0.25) is 0 Å². The minimum Gasteiger partial charge on any atom is -0.465 e. The third-order valence-electron chi connectivity index (χ3n) is 5.93. The predicted molar refractivity (Wildman–Crippen MR) is 119 cm³/mol. The number of carbonyl (C=O) groups is 2. The minimum atomic E-state index is -1.09. The molecule has 4 rings (SSSR count). The van der Waals surface area contributed by atoms with Crippen LogP contribution in [0, 0.1) is 0 Å². The van der Waals surface area contributed by atoms with Crippen molar-refractivity contribution in [3.05, 3.63) is 47.0 Å². The van der Waals surface area contributed by atoms with Gasteiger partial charge in [0.05, 0.1) is 23.9 Å². The van der Waals surface area contributed by atoms with Gasteiger partial charge in [0, 0.05) is 43.5 Å². The van der Waals surface area contributed by atoms with Crippen molar-refractivity contribution < 1.29 is 19.4 Å². The fourth-order valence-corrected chi connectivity index (χ4v) is 5.18. The third-order valence-corrected chi connectivity index (χ3v) is 6.74. The maximum atomic E-state index is 13.0. The number of morpholine rings is 1. The summed E-state index contributed by atoms with van der Waals surface area (Å²) < 4.78 is 6.39. The average Bonchev–Trinajstić information content (AvgIpc) is 3.19. The van der Waals surface area contributed by atoms with Crippen LogP contribution in [0.3, 0.4) is 0 Å². The van der Waals surface area contributed by atoms with E-state index in [0.717, 1.165) is 50.2 Å². The van der Waals surface area contributed by atoms with Crippen molar-refractivity contribution >= 4 is 28.5 Å². The maximum Gasteiger partial charge on any atom is 0.410 e. The first-order valence-electron chi connectivity index (χ1n) is 10.6. The van der Waals surface area contributed by atoms with Crippen LogP contribution in [-0.2, 0) is 11.2 Å². The van der Waals surface area contributed by atoms with Crippen LogP contribution in [0.4, 0.5) is 9.93 Å². The Kier molecular flexibility index (Phi) is 6.54. The number of ether oxygens (including phenoxy) is 1. The number of nitrogens with one attached hydrogen (secondary N) is 1. The van der Waals surface area contributed by atoms with Gasteiger partial charge in [0.15, 0.2) is 5.13 Å². The Hall–Kier alpha value is -2.49. The highest BCUT2D eigenvalue weighted by Crippen LogP contribution is 2.33. The Morgan fingerprint density at radius 2 is 2.03 bits per heavy atom. The van der Waals surface area contributed by atoms with E-state index in [0.29, 0.717) is 18.2 Å². The molecule has 1 unspecified atom stereocenters. The van der Waals surface area contributed by atoms with Gasteiger partial charge >= 0.3 is 6.09 Å². The molecule has 1 aromatic carbocycles. The summed E-state index contributed by atoms with van der Waals surface area (Å²) in [5.41, 5.74) is 1.35. The van der Waals surface area contributed by atoms with Crippen LogP contribution in [0.2, 0.25) is 0 Å². The lowest BCUT2D eigenvalue weighted by Crippen LogP contribution is -2.60. The Bertz CT molecular complexity index is 911. The van der Waals surface area contributed by atoms with Gasteiger partial charge in [-0.3, -0.25) is 10.1 Å². The molecule has 2 aliphatic heterocycles. The van der Waals surface area contributed by atoms with E-state index in [1.54, 1.807) is 0 Å². The Labute approximate surface area is 185 Å². The molecule has 0 bridgehead atoms. The second-order valence-electron chi connectivity index (χ2n) is 8.33. The van der Waals surface area contributed by atoms with Crippen molar-refractivity contribution in [2.75, 3.05) is 38.0 Å². The largest absolute Gasteiger partial charge is 0.465 e. The van der Waals surface area contributed by atoms with Crippen molar-refractivity contribution in [3.63, 3.8) is 0 Å². The zero-order chi connectivity index (χ0) is 21.8. The molecule has 166 valence electrons. The van der Waals surface area contributed by atoms with Gasteiger partial charge in [-0.2, -0.15) is 0 Å². The van der Waals surface area contributed by atoms with E-state index in [1.165, 1.54) is 11.3 Å².